The minimum absolute atomic E-state index is 0.586. The van der Waals surface area contributed by atoms with Crippen molar-refractivity contribution in [2.45, 2.75) is 39.2 Å². The zero-order chi connectivity index (χ0) is 12.4. The molecule has 1 aromatic rings. The molecule has 0 saturated carbocycles. The number of nitrogens with one attached hydrogen (secondary N) is 1. The Morgan fingerprint density at radius 1 is 1.33 bits per heavy atom. The number of thiophene rings is 1. The maximum absolute atomic E-state index is 3.61. The minimum atomic E-state index is 0.586. The maximum Gasteiger partial charge on any atom is 0.0328 e. The van der Waals surface area contributed by atoms with Crippen molar-refractivity contribution in [3.05, 3.63) is 21.9 Å². The molecule has 2 aliphatic heterocycles. The smallest absolute Gasteiger partial charge is 0.0328 e. The van der Waals surface area contributed by atoms with Crippen LogP contribution in [0.25, 0.3) is 0 Å². The van der Waals surface area contributed by atoms with Gasteiger partial charge in [-0.2, -0.15) is 0 Å². The van der Waals surface area contributed by atoms with E-state index in [2.05, 4.69) is 29.3 Å². The molecule has 2 fully saturated rings. The first-order valence-electron chi connectivity index (χ1n) is 7.24. The molecule has 2 saturated heterocycles. The Labute approximate surface area is 114 Å². The van der Waals surface area contributed by atoms with Crippen LogP contribution in [0.4, 0.5) is 0 Å². The molecule has 2 nitrogen and oxygen atoms in total. The maximum atomic E-state index is 3.61. The van der Waals surface area contributed by atoms with E-state index in [0.717, 1.165) is 0 Å². The number of nitrogens with zero attached hydrogens (tertiary/aromatic N) is 1. The Bertz CT molecular complexity index is 387. The lowest BCUT2D eigenvalue weighted by Gasteiger charge is -2.45. The molecule has 3 heteroatoms. The quantitative estimate of drug-likeness (QED) is 0.883. The van der Waals surface area contributed by atoms with Crippen LogP contribution in [0.5, 0.6) is 0 Å². The Morgan fingerprint density at radius 3 is 2.94 bits per heavy atom. The fraction of sp³-hybridized carbons (Fsp3) is 0.733. The summed E-state index contributed by atoms with van der Waals surface area (Å²) in [4.78, 5) is 5.66. The van der Waals surface area contributed by atoms with Gasteiger partial charge < -0.3 is 5.32 Å². The Morgan fingerprint density at radius 2 is 2.22 bits per heavy atom. The van der Waals surface area contributed by atoms with Crippen molar-refractivity contribution in [2.24, 2.45) is 5.41 Å². The van der Waals surface area contributed by atoms with Crippen LogP contribution in [0.15, 0.2) is 12.1 Å². The van der Waals surface area contributed by atoms with Gasteiger partial charge in [0.1, 0.15) is 0 Å². The highest BCUT2D eigenvalue weighted by Gasteiger charge is 2.36. The van der Waals surface area contributed by atoms with Crippen LogP contribution in [-0.4, -0.2) is 31.1 Å². The van der Waals surface area contributed by atoms with Crippen LogP contribution in [0.3, 0.4) is 0 Å². The second kappa shape index (κ2) is 5.32. The monoisotopic (exact) mass is 264 g/mol. The molecular weight excluding hydrogens is 240 g/mol. The standard InChI is InChI=1S/C15H24N2S/c1-13-4-5-14(18-13)10-17-9-3-7-15(12-17)6-2-8-16-11-15/h4-5,16H,2-3,6-12H2,1H3. The van der Waals surface area contributed by atoms with Gasteiger partial charge >= 0.3 is 0 Å². The molecule has 1 spiro atoms. The number of aryl methyl sites for hydroxylation is 1. The van der Waals surface area contributed by atoms with Gasteiger partial charge in [0, 0.05) is 29.4 Å². The van der Waals surface area contributed by atoms with Gasteiger partial charge in [-0.05, 0) is 63.2 Å². The molecule has 18 heavy (non-hydrogen) atoms. The van der Waals surface area contributed by atoms with Gasteiger partial charge in [-0.1, -0.05) is 0 Å². The Kier molecular flexibility index (Phi) is 3.73. The summed E-state index contributed by atoms with van der Waals surface area (Å²) in [7, 11) is 0. The molecule has 1 N–H and O–H groups in total. The summed E-state index contributed by atoms with van der Waals surface area (Å²) in [6.45, 7) is 8.44. The molecule has 1 aromatic heterocycles. The zero-order valence-corrected chi connectivity index (χ0v) is 12.2. The number of hydrogen-bond donors (Lipinski definition) is 1. The van der Waals surface area contributed by atoms with Crippen molar-refractivity contribution in [1.29, 1.82) is 0 Å². The van der Waals surface area contributed by atoms with Gasteiger partial charge in [0.05, 0.1) is 0 Å². The van der Waals surface area contributed by atoms with Crippen molar-refractivity contribution in [1.82, 2.24) is 10.2 Å². The van der Waals surface area contributed by atoms with Crippen LogP contribution < -0.4 is 5.32 Å². The summed E-state index contributed by atoms with van der Waals surface area (Å²) in [5.41, 5.74) is 0.586. The molecule has 0 bridgehead atoms. The first-order valence-corrected chi connectivity index (χ1v) is 8.06. The number of piperidine rings is 2. The molecule has 1 unspecified atom stereocenters. The summed E-state index contributed by atoms with van der Waals surface area (Å²) < 4.78 is 0. The molecule has 3 rings (SSSR count). The highest BCUT2D eigenvalue weighted by atomic mass is 32.1. The van der Waals surface area contributed by atoms with E-state index in [1.165, 1.54) is 68.2 Å². The molecule has 0 amide bonds. The largest absolute Gasteiger partial charge is 0.316 e. The fourth-order valence-corrected chi connectivity index (χ4v) is 4.55. The minimum Gasteiger partial charge on any atom is -0.316 e. The van der Waals surface area contributed by atoms with E-state index in [1.807, 2.05) is 11.3 Å². The molecular formula is C15H24N2S. The van der Waals surface area contributed by atoms with Crippen molar-refractivity contribution in [3.8, 4) is 0 Å². The van der Waals surface area contributed by atoms with Crippen LogP contribution in [0.2, 0.25) is 0 Å². The summed E-state index contributed by atoms with van der Waals surface area (Å²) in [6, 6.07) is 4.56. The second-order valence-electron chi connectivity index (χ2n) is 6.11. The van der Waals surface area contributed by atoms with E-state index in [1.54, 1.807) is 0 Å². The predicted molar refractivity (Wildman–Crippen MR) is 78.1 cm³/mol. The molecule has 0 aliphatic carbocycles. The van der Waals surface area contributed by atoms with Crippen molar-refractivity contribution in [2.75, 3.05) is 26.2 Å². The summed E-state index contributed by atoms with van der Waals surface area (Å²) in [5, 5.41) is 3.61. The van der Waals surface area contributed by atoms with E-state index in [9.17, 15) is 0 Å². The lowest BCUT2D eigenvalue weighted by molar-refractivity contribution is 0.0607. The first-order chi connectivity index (χ1) is 8.76. The highest BCUT2D eigenvalue weighted by Crippen LogP contribution is 2.36. The van der Waals surface area contributed by atoms with E-state index in [-0.39, 0.29) is 0 Å². The van der Waals surface area contributed by atoms with Gasteiger partial charge in [-0.25, -0.2) is 0 Å². The number of rotatable bonds is 2. The summed E-state index contributed by atoms with van der Waals surface area (Å²) in [5.74, 6) is 0. The molecule has 3 heterocycles. The number of likely N-dealkylation sites (tertiary alicyclic amines) is 1. The third-order valence-corrected chi connectivity index (χ3v) is 5.46. The summed E-state index contributed by atoms with van der Waals surface area (Å²) in [6.07, 6.45) is 5.61. The van der Waals surface area contributed by atoms with E-state index >= 15 is 0 Å². The van der Waals surface area contributed by atoms with Crippen LogP contribution in [-0.2, 0) is 6.54 Å². The number of hydrogen-bond acceptors (Lipinski definition) is 3. The summed E-state index contributed by atoms with van der Waals surface area (Å²) >= 11 is 1.96. The highest BCUT2D eigenvalue weighted by molar-refractivity contribution is 7.11. The molecule has 2 aliphatic rings. The van der Waals surface area contributed by atoms with E-state index in [4.69, 9.17) is 0 Å². The van der Waals surface area contributed by atoms with Gasteiger partial charge in [0.2, 0.25) is 0 Å². The molecule has 0 radical (unpaired) electrons. The van der Waals surface area contributed by atoms with Crippen LogP contribution in [0, 0.1) is 12.3 Å². The van der Waals surface area contributed by atoms with E-state index in [0.29, 0.717) is 5.41 Å². The van der Waals surface area contributed by atoms with Crippen molar-refractivity contribution >= 4 is 11.3 Å². The van der Waals surface area contributed by atoms with Gasteiger partial charge in [0.15, 0.2) is 0 Å². The Hall–Kier alpha value is -0.380. The topological polar surface area (TPSA) is 15.3 Å². The third kappa shape index (κ3) is 2.79. The lowest BCUT2D eigenvalue weighted by atomic mass is 9.74. The lowest BCUT2D eigenvalue weighted by Crippen LogP contribution is -2.50. The fourth-order valence-electron chi connectivity index (χ4n) is 3.61. The van der Waals surface area contributed by atoms with E-state index < -0.39 is 0 Å². The van der Waals surface area contributed by atoms with Crippen molar-refractivity contribution in [3.63, 3.8) is 0 Å². The normalized spacial score (nSPS) is 29.8. The zero-order valence-electron chi connectivity index (χ0n) is 11.4. The predicted octanol–water partition coefficient (Wildman–Crippen LogP) is 3.02. The SMILES string of the molecule is Cc1ccc(CN2CCCC3(CCCNC3)C2)s1. The Balaban J connectivity index is 1.63. The van der Waals surface area contributed by atoms with Crippen LogP contribution in [0.1, 0.15) is 35.4 Å². The van der Waals surface area contributed by atoms with Gasteiger partial charge in [-0.3, -0.25) is 4.90 Å². The second-order valence-corrected chi connectivity index (χ2v) is 7.48. The third-order valence-electron chi connectivity index (χ3n) is 4.48. The average molecular weight is 264 g/mol. The first kappa shape index (κ1) is 12.6. The van der Waals surface area contributed by atoms with Gasteiger partial charge in [-0.15, -0.1) is 11.3 Å². The van der Waals surface area contributed by atoms with Gasteiger partial charge in [0.25, 0.3) is 0 Å². The average Bonchev–Trinajstić information content (AvgIpc) is 2.76. The molecule has 0 aromatic carbocycles. The van der Waals surface area contributed by atoms with Crippen LogP contribution >= 0.6 is 11.3 Å². The van der Waals surface area contributed by atoms with Crippen molar-refractivity contribution < 1.29 is 0 Å². The molecule has 1 atom stereocenters. The molecule has 100 valence electrons.